The van der Waals surface area contributed by atoms with Crippen LogP contribution in [-0.2, 0) is 6.54 Å². The number of thioether (sulfide) groups is 1. The van der Waals surface area contributed by atoms with Gasteiger partial charge in [-0.3, -0.25) is 9.69 Å². The zero-order valence-electron chi connectivity index (χ0n) is 17.3. The van der Waals surface area contributed by atoms with Crippen LogP contribution in [0.1, 0.15) is 16.1 Å². The van der Waals surface area contributed by atoms with E-state index in [4.69, 9.17) is 11.6 Å². The van der Waals surface area contributed by atoms with Crippen molar-refractivity contribution >= 4 is 40.6 Å². The summed E-state index contributed by atoms with van der Waals surface area (Å²) < 4.78 is 0. The van der Waals surface area contributed by atoms with Crippen molar-refractivity contribution in [3.8, 4) is 0 Å². The SMILES string of the molecule is CSc1ncc(Cl)c(C(=O)Nc2ccc(N3CCN(Cc4ccccc4)CC3)cc2)n1. The van der Waals surface area contributed by atoms with Crippen molar-refractivity contribution in [1.82, 2.24) is 14.9 Å². The van der Waals surface area contributed by atoms with E-state index in [0.717, 1.165) is 38.4 Å². The summed E-state index contributed by atoms with van der Waals surface area (Å²) >= 11 is 7.46. The van der Waals surface area contributed by atoms with Gasteiger partial charge in [-0.05, 0) is 36.1 Å². The summed E-state index contributed by atoms with van der Waals surface area (Å²) in [6.07, 6.45) is 3.31. The molecule has 31 heavy (non-hydrogen) atoms. The molecular formula is C23H24ClN5OS. The molecule has 0 bridgehead atoms. The molecule has 6 nitrogen and oxygen atoms in total. The minimum Gasteiger partial charge on any atom is -0.369 e. The zero-order valence-corrected chi connectivity index (χ0v) is 18.9. The summed E-state index contributed by atoms with van der Waals surface area (Å²) in [6, 6.07) is 18.5. The molecule has 1 amide bonds. The first-order chi connectivity index (χ1) is 15.1. The van der Waals surface area contributed by atoms with Crippen molar-refractivity contribution in [2.24, 2.45) is 0 Å². The summed E-state index contributed by atoms with van der Waals surface area (Å²) in [4.78, 5) is 25.7. The van der Waals surface area contributed by atoms with Gasteiger partial charge < -0.3 is 10.2 Å². The molecule has 0 aliphatic carbocycles. The van der Waals surface area contributed by atoms with E-state index in [1.54, 1.807) is 0 Å². The second kappa shape index (κ2) is 10.1. The van der Waals surface area contributed by atoms with Gasteiger partial charge in [-0.2, -0.15) is 0 Å². The summed E-state index contributed by atoms with van der Waals surface area (Å²) in [7, 11) is 0. The Bertz CT molecular complexity index is 1020. The molecule has 0 radical (unpaired) electrons. The van der Waals surface area contributed by atoms with Crippen LogP contribution in [0.25, 0.3) is 0 Å². The van der Waals surface area contributed by atoms with Crippen molar-refractivity contribution in [1.29, 1.82) is 0 Å². The smallest absolute Gasteiger partial charge is 0.275 e. The van der Waals surface area contributed by atoms with Crippen molar-refractivity contribution in [3.05, 3.63) is 77.1 Å². The lowest BCUT2D eigenvalue weighted by Gasteiger charge is -2.36. The maximum absolute atomic E-state index is 12.6. The fourth-order valence-electron chi connectivity index (χ4n) is 3.56. The molecule has 0 saturated carbocycles. The quantitative estimate of drug-likeness (QED) is 0.440. The van der Waals surface area contributed by atoms with Gasteiger partial charge in [0.15, 0.2) is 10.9 Å². The van der Waals surface area contributed by atoms with E-state index in [1.165, 1.54) is 23.5 Å². The zero-order chi connectivity index (χ0) is 21.6. The Balaban J connectivity index is 1.33. The van der Waals surface area contributed by atoms with E-state index in [9.17, 15) is 4.79 Å². The van der Waals surface area contributed by atoms with Crippen LogP contribution < -0.4 is 10.2 Å². The average molecular weight is 454 g/mol. The monoisotopic (exact) mass is 453 g/mol. The molecule has 160 valence electrons. The number of anilines is 2. The van der Waals surface area contributed by atoms with Crippen LogP contribution in [0.2, 0.25) is 5.02 Å². The number of nitrogens with one attached hydrogen (secondary N) is 1. The minimum absolute atomic E-state index is 0.180. The molecule has 1 aromatic heterocycles. The summed E-state index contributed by atoms with van der Waals surface area (Å²) in [5, 5.41) is 3.61. The molecule has 3 aromatic rings. The van der Waals surface area contributed by atoms with Gasteiger partial charge in [-0.25, -0.2) is 9.97 Å². The van der Waals surface area contributed by atoms with Gasteiger partial charge in [0.1, 0.15) is 0 Å². The lowest BCUT2D eigenvalue weighted by molar-refractivity contribution is 0.102. The number of halogens is 1. The Hall–Kier alpha value is -2.61. The van der Waals surface area contributed by atoms with Gasteiger partial charge in [-0.15, -0.1) is 0 Å². The van der Waals surface area contributed by atoms with Gasteiger partial charge in [0.25, 0.3) is 5.91 Å². The van der Waals surface area contributed by atoms with Crippen LogP contribution in [0.5, 0.6) is 0 Å². The van der Waals surface area contributed by atoms with Crippen molar-refractivity contribution in [2.45, 2.75) is 11.7 Å². The minimum atomic E-state index is -0.343. The number of hydrogen-bond acceptors (Lipinski definition) is 6. The highest BCUT2D eigenvalue weighted by molar-refractivity contribution is 7.98. The molecule has 8 heteroatoms. The Kier molecular flexibility index (Phi) is 7.06. The molecule has 1 fully saturated rings. The fourth-order valence-corrected chi connectivity index (χ4v) is 4.08. The highest BCUT2D eigenvalue weighted by Crippen LogP contribution is 2.22. The average Bonchev–Trinajstić information content (AvgIpc) is 2.81. The molecular weight excluding hydrogens is 430 g/mol. The first-order valence-electron chi connectivity index (χ1n) is 10.1. The van der Waals surface area contributed by atoms with Gasteiger partial charge in [0.2, 0.25) is 0 Å². The molecule has 0 atom stereocenters. The van der Waals surface area contributed by atoms with E-state index in [0.29, 0.717) is 10.8 Å². The maximum Gasteiger partial charge on any atom is 0.275 e. The van der Waals surface area contributed by atoms with E-state index in [1.807, 2.05) is 30.5 Å². The Morgan fingerprint density at radius 1 is 1.06 bits per heavy atom. The maximum atomic E-state index is 12.6. The molecule has 0 unspecified atom stereocenters. The van der Waals surface area contributed by atoms with Crippen LogP contribution in [0.3, 0.4) is 0 Å². The van der Waals surface area contributed by atoms with Crippen LogP contribution in [0, 0.1) is 0 Å². The van der Waals surface area contributed by atoms with E-state index >= 15 is 0 Å². The van der Waals surface area contributed by atoms with Gasteiger partial charge in [0, 0.05) is 44.1 Å². The second-order valence-corrected chi connectivity index (χ2v) is 8.48. The molecule has 1 saturated heterocycles. The first-order valence-corrected chi connectivity index (χ1v) is 11.7. The molecule has 1 aliphatic rings. The Morgan fingerprint density at radius 3 is 2.45 bits per heavy atom. The number of carbonyl (C=O) groups excluding carboxylic acids is 1. The largest absolute Gasteiger partial charge is 0.369 e. The molecule has 2 aromatic carbocycles. The van der Waals surface area contributed by atoms with E-state index in [-0.39, 0.29) is 16.6 Å². The standard InChI is InChI=1S/C23H24ClN5OS/c1-31-23-25-15-20(24)21(27-23)22(30)26-18-7-9-19(10-8-18)29-13-11-28(12-14-29)16-17-5-3-2-4-6-17/h2-10,15H,11-14,16H2,1H3,(H,26,30). The summed E-state index contributed by atoms with van der Waals surface area (Å²) in [6.45, 7) is 5.00. The number of piperazine rings is 1. The van der Waals surface area contributed by atoms with E-state index in [2.05, 4.69) is 55.4 Å². The molecule has 0 spiro atoms. The number of aromatic nitrogens is 2. The first kappa shape index (κ1) is 21.6. The number of nitrogens with zero attached hydrogens (tertiary/aromatic N) is 4. The molecule has 1 aliphatic heterocycles. The van der Waals surface area contributed by atoms with E-state index < -0.39 is 0 Å². The highest BCUT2D eigenvalue weighted by Gasteiger charge is 2.18. The molecule has 2 heterocycles. The molecule has 1 N–H and O–H groups in total. The number of rotatable bonds is 6. The van der Waals surface area contributed by atoms with Crippen LogP contribution in [-0.4, -0.2) is 53.2 Å². The topological polar surface area (TPSA) is 61.4 Å². The Labute approximate surface area is 191 Å². The van der Waals surface area contributed by atoms with Gasteiger partial charge >= 0.3 is 0 Å². The molecule has 4 rings (SSSR count). The summed E-state index contributed by atoms with van der Waals surface area (Å²) in [5.74, 6) is -0.343. The third-order valence-electron chi connectivity index (χ3n) is 5.23. The third kappa shape index (κ3) is 5.55. The highest BCUT2D eigenvalue weighted by atomic mass is 35.5. The predicted octanol–water partition coefficient (Wildman–Crippen LogP) is 4.43. The number of carbonyl (C=O) groups is 1. The number of amides is 1. The van der Waals surface area contributed by atoms with Crippen LogP contribution >= 0.6 is 23.4 Å². The van der Waals surface area contributed by atoms with Gasteiger partial charge in [-0.1, -0.05) is 53.7 Å². The normalized spacial score (nSPS) is 14.5. The lowest BCUT2D eigenvalue weighted by atomic mass is 10.2. The Morgan fingerprint density at radius 2 is 1.77 bits per heavy atom. The summed E-state index contributed by atoms with van der Waals surface area (Å²) in [5.41, 5.74) is 3.39. The van der Waals surface area contributed by atoms with Gasteiger partial charge in [0.05, 0.1) is 11.2 Å². The third-order valence-corrected chi connectivity index (χ3v) is 6.07. The van der Waals surface area contributed by atoms with Crippen molar-refractivity contribution in [2.75, 3.05) is 42.7 Å². The fraction of sp³-hybridized carbons (Fsp3) is 0.261. The second-order valence-electron chi connectivity index (χ2n) is 7.30. The van der Waals surface area contributed by atoms with Crippen LogP contribution in [0.4, 0.5) is 11.4 Å². The van der Waals surface area contributed by atoms with Crippen molar-refractivity contribution in [3.63, 3.8) is 0 Å². The van der Waals surface area contributed by atoms with Crippen LogP contribution in [0.15, 0.2) is 66.0 Å². The predicted molar refractivity (Wildman–Crippen MR) is 127 cm³/mol. The lowest BCUT2D eigenvalue weighted by Crippen LogP contribution is -2.45. The van der Waals surface area contributed by atoms with Crippen molar-refractivity contribution < 1.29 is 4.79 Å². The number of benzene rings is 2. The number of hydrogen-bond donors (Lipinski definition) is 1.